The summed E-state index contributed by atoms with van der Waals surface area (Å²) in [6, 6.07) is 10.9. The average Bonchev–Trinajstić information content (AvgIpc) is 3.89. The number of nitrogens with one attached hydrogen (secondary N) is 2. The number of aromatic nitrogens is 4. The standard InChI is InChI=1S/C22H24F6N4O.C20H20F6N4O/c23-21(24,25)13-31-9-3-6-18-16(12-31)19(30-29-18)20(33)32-10-7-14(8-11-32)15-4-1-2-5-17(15)22(26,27)28;21-19(22,23)11-29-9-14-16(10-29)27-28-17(14)18(31)30-7-5-12(6-8-30)13-3-1-2-4-15(13)20(24,25)26/h1-2,4-5,14H,3,6-13H2,(H,29,30);1-4,12H,5-11H2,(H,27,28). The molecule has 0 aliphatic carbocycles. The van der Waals surface area contributed by atoms with Crippen LogP contribution in [-0.2, 0) is 38.4 Å². The number of amides is 2. The normalized spacial score (nSPS) is 18.6. The van der Waals surface area contributed by atoms with Crippen LogP contribution in [-0.4, -0.2) is 110 Å². The number of nitrogens with zero attached hydrogens (tertiary/aromatic N) is 6. The molecule has 22 heteroatoms. The van der Waals surface area contributed by atoms with E-state index in [4.69, 9.17) is 0 Å². The van der Waals surface area contributed by atoms with Crippen molar-refractivity contribution in [1.29, 1.82) is 0 Å². The number of hydrogen-bond acceptors (Lipinski definition) is 6. The highest BCUT2D eigenvalue weighted by atomic mass is 19.4. The van der Waals surface area contributed by atoms with Crippen molar-refractivity contribution in [2.45, 2.75) is 94.7 Å². The van der Waals surface area contributed by atoms with E-state index in [-0.39, 0.29) is 86.7 Å². The van der Waals surface area contributed by atoms with Gasteiger partial charge >= 0.3 is 24.7 Å². The van der Waals surface area contributed by atoms with Crippen LogP contribution in [0.5, 0.6) is 0 Å². The predicted octanol–water partition coefficient (Wildman–Crippen LogP) is 9.09. The summed E-state index contributed by atoms with van der Waals surface area (Å²) in [4.78, 5) is 31.5. The van der Waals surface area contributed by atoms with Crippen LogP contribution in [0.1, 0.15) is 110 Å². The molecular formula is C42H44F12N8O2. The fourth-order valence-electron chi connectivity index (χ4n) is 9.18. The molecule has 4 aliphatic rings. The monoisotopic (exact) mass is 920 g/mol. The van der Waals surface area contributed by atoms with Crippen molar-refractivity contribution in [3.8, 4) is 0 Å². The minimum absolute atomic E-state index is 0.0260. The third-order valence-corrected chi connectivity index (χ3v) is 12.1. The summed E-state index contributed by atoms with van der Waals surface area (Å²) >= 11 is 0. The lowest BCUT2D eigenvalue weighted by Crippen LogP contribution is -2.39. The van der Waals surface area contributed by atoms with Crippen LogP contribution in [0.3, 0.4) is 0 Å². The molecule has 0 saturated carbocycles. The third kappa shape index (κ3) is 11.0. The molecule has 2 aromatic carbocycles. The van der Waals surface area contributed by atoms with Crippen molar-refractivity contribution in [1.82, 2.24) is 40.0 Å². The highest BCUT2D eigenvalue weighted by Crippen LogP contribution is 2.41. The van der Waals surface area contributed by atoms with Gasteiger partial charge in [0, 0.05) is 62.6 Å². The molecule has 2 fully saturated rings. The Hall–Kier alpha value is -5.12. The average molecular weight is 921 g/mol. The molecule has 0 bridgehead atoms. The second-order valence-electron chi connectivity index (χ2n) is 16.6. The Morgan fingerprint density at radius 1 is 0.547 bits per heavy atom. The lowest BCUT2D eigenvalue weighted by molar-refractivity contribution is -0.147. The first-order valence-corrected chi connectivity index (χ1v) is 20.7. The zero-order chi connectivity index (χ0) is 46.2. The summed E-state index contributed by atoms with van der Waals surface area (Å²) in [7, 11) is 0. The van der Waals surface area contributed by atoms with E-state index in [0.29, 0.717) is 61.0 Å². The Balaban J connectivity index is 0.000000192. The maximum absolute atomic E-state index is 13.4. The van der Waals surface area contributed by atoms with E-state index < -0.39 is 60.7 Å². The largest absolute Gasteiger partial charge is 0.416 e. The van der Waals surface area contributed by atoms with E-state index in [1.165, 1.54) is 43.9 Å². The number of alkyl halides is 12. The van der Waals surface area contributed by atoms with Gasteiger partial charge in [0.05, 0.1) is 29.9 Å². The molecule has 10 nitrogen and oxygen atoms in total. The maximum atomic E-state index is 13.4. The van der Waals surface area contributed by atoms with Gasteiger partial charge in [0.25, 0.3) is 11.8 Å². The number of likely N-dealkylation sites (tertiary alicyclic amines) is 2. The summed E-state index contributed by atoms with van der Waals surface area (Å²) < 4.78 is 157. The lowest BCUT2D eigenvalue weighted by Gasteiger charge is -2.33. The number of rotatable bonds is 6. The molecule has 2 saturated heterocycles. The van der Waals surface area contributed by atoms with Gasteiger partial charge in [-0.15, -0.1) is 0 Å². The van der Waals surface area contributed by atoms with E-state index in [1.807, 2.05) is 0 Å². The van der Waals surface area contributed by atoms with Gasteiger partial charge in [-0.05, 0) is 80.2 Å². The van der Waals surface area contributed by atoms with Crippen LogP contribution in [0.15, 0.2) is 48.5 Å². The van der Waals surface area contributed by atoms with E-state index in [0.717, 1.165) is 12.1 Å². The van der Waals surface area contributed by atoms with Gasteiger partial charge in [-0.2, -0.15) is 62.9 Å². The Morgan fingerprint density at radius 2 is 0.953 bits per heavy atom. The van der Waals surface area contributed by atoms with Gasteiger partial charge in [0.15, 0.2) is 11.4 Å². The quantitative estimate of drug-likeness (QED) is 0.187. The van der Waals surface area contributed by atoms with Crippen molar-refractivity contribution in [3.63, 3.8) is 0 Å². The molecule has 8 rings (SSSR count). The SMILES string of the molecule is O=C(c1n[nH]c2c1CN(CC(F)(F)F)C2)N1CCC(c2ccccc2C(F)(F)F)CC1.O=C(c1n[nH]c2c1CN(CC(F)(F)F)CCC2)N1CCC(c2ccccc2C(F)(F)F)CC1. The number of H-pyrrole nitrogens is 2. The molecule has 0 spiro atoms. The molecular weight excluding hydrogens is 876 g/mol. The van der Waals surface area contributed by atoms with Crippen molar-refractivity contribution in [2.75, 3.05) is 45.8 Å². The third-order valence-electron chi connectivity index (χ3n) is 12.1. The number of halogens is 12. The van der Waals surface area contributed by atoms with Crippen molar-refractivity contribution in [2.24, 2.45) is 0 Å². The molecule has 6 heterocycles. The van der Waals surface area contributed by atoms with E-state index in [2.05, 4.69) is 20.4 Å². The maximum Gasteiger partial charge on any atom is 0.416 e. The molecule has 348 valence electrons. The van der Waals surface area contributed by atoms with Crippen LogP contribution in [0, 0.1) is 0 Å². The summed E-state index contributed by atoms with van der Waals surface area (Å²) in [6.45, 7) is -0.877. The number of hydrogen-bond donors (Lipinski definition) is 2. The molecule has 2 aromatic heterocycles. The van der Waals surface area contributed by atoms with Crippen LogP contribution >= 0.6 is 0 Å². The first-order valence-electron chi connectivity index (χ1n) is 20.7. The van der Waals surface area contributed by atoms with Gasteiger partial charge in [-0.1, -0.05) is 36.4 Å². The second-order valence-corrected chi connectivity index (χ2v) is 16.6. The zero-order valence-corrected chi connectivity index (χ0v) is 34.1. The summed E-state index contributed by atoms with van der Waals surface area (Å²) in [5.41, 5.74) is 1.43. The molecule has 0 unspecified atom stereocenters. The van der Waals surface area contributed by atoms with E-state index in [1.54, 1.807) is 12.1 Å². The molecule has 2 amide bonds. The first-order chi connectivity index (χ1) is 30.1. The highest BCUT2D eigenvalue weighted by Gasteiger charge is 2.41. The Morgan fingerprint density at radius 3 is 1.41 bits per heavy atom. The smallest absolute Gasteiger partial charge is 0.337 e. The molecule has 4 aliphatic heterocycles. The number of benzene rings is 2. The molecule has 2 N–H and O–H groups in total. The molecule has 4 aromatic rings. The van der Waals surface area contributed by atoms with Crippen LogP contribution in [0.4, 0.5) is 52.7 Å². The number of aromatic amines is 2. The fraction of sp³-hybridized carbons (Fsp3) is 0.524. The predicted molar refractivity (Wildman–Crippen MR) is 206 cm³/mol. The zero-order valence-electron chi connectivity index (χ0n) is 34.1. The van der Waals surface area contributed by atoms with Gasteiger partial charge in [-0.3, -0.25) is 29.6 Å². The highest BCUT2D eigenvalue weighted by molar-refractivity contribution is 5.94. The van der Waals surface area contributed by atoms with Crippen LogP contribution in [0.2, 0.25) is 0 Å². The molecule has 0 atom stereocenters. The number of carbonyl (C=O) groups excluding carboxylic acids is 2. The minimum Gasteiger partial charge on any atom is -0.337 e. The minimum atomic E-state index is -4.45. The number of carbonyl (C=O) groups is 2. The summed E-state index contributed by atoms with van der Waals surface area (Å²) in [5, 5.41) is 13.5. The van der Waals surface area contributed by atoms with Gasteiger partial charge < -0.3 is 9.80 Å². The molecule has 64 heavy (non-hydrogen) atoms. The van der Waals surface area contributed by atoms with Gasteiger partial charge in [0.1, 0.15) is 0 Å². The topological polar surface area (TPSA) is 104 Å². The van der Waals surface area contributed by atoms with Gasteiger partial charge in [0.2, 0.25) is 0 Å². The Kier molecular flexibility index (Phi) is 13.5. The second kappa shape index (κ2) is 18.4. The summed E-state index contributed by atoms with van der Waals surface area (Å²) in [6.07, 6.45) is -15.1. The number of aryl methyl sites for hydroxylation is 1. The fourth-order valence-corrected chi connectivity index (χ4v) is 9.18. The van der Waals surface area contributed by atoms with Crippen molar-refractivity contribution in [3.05, 3.63) is 105 Å². The lowest BCUT2D eigenvalue weighted by atomic mass is 9.86. The van der Waals surface area contributed by atoms with Crippen molar-refractivity contribution < 1.29 is 62.3 Å². The van der Waals surface area contributed by atoms with Crippen molar-refractivity contribution >= 4 is 11.8 Å². The van der Waals surface area contributed by atoms with Crippen LogP contribution in [0.25, 0.3) is 0 Å². The van der Waals surface area contributed by atoms with Crippen LogP contribution < -0.4 is 0 Å². The Labute approximate surface area is 358 Å². The number of fused-ring (bicyclic) bond motifs is 2. The number of piperidine rings is 2. The summed E-state index contributed by atoms with van der Waals surface area (Å²) in [5.74, 6) is -1.46. The van der Waals surface area contributed by atoms with E-state index >= 15 is 0 Å². The van der Waals surface area contributed by atoms with E-state index in [9.17, 15) is 62.3 Å². The van der Waals surface area contributed by atoms with Gasteiger partial charge in [-0.25, -0.2) is 0 Å². The first kappa shape index (κ1) is 46.9. The Bertz CT molecular complexity index is 2270. The molecule has 0 radical (unpaired) electrons.